The maximum atomic E-state index is 4.44. The molecular weight excluding hydrogens is 274 g/mol. The Labute approximate surface area is 112 Å². The highest BCUT2D eigenvalue weighted by molar-refractivity contribution is 9.11. The van der Waals surface area contributed by atoms with Gasteiger partial charge in [0.05, 0.1) is 5.69 Å². The van der Waals surface area contributed by atoms with Gasteiger partial charge >= 0.3 is 0 Å². The molecule has 17 heavy (non-hydrogen) atoms. The monoisotopic (exact) mass is 291 g/mol. The van der Waals surface area contributed by atoms with Gasteiger partial charge in [0.15, 0.2) is 0 Å². The molecule has 0 aliphatic carbocycles. The molecule has 1 rings (SSSR count). The molecule has 1 heterocycles. The first-order valence-corrected chi connectivity index (χ1v) is 6.49. The van der Waals surface area contributed by atoms with E-state index in [1.165, 1.54) is 11.1 Å². The third-order valence-corrected chi connectivity index (χ3v) is 2.78. The summed E-state index contributed by atoms with van der Waals surface area (Å²) in [7, 11) is 0. The minimum atomic E-state index is 0.859. The summed E-state index contributed by atoms with van der Waals surface area (Å²) in [5, 5.41) is 0. The third-order valence-electron chi connectivity index (χ3n) is 2.55. The molecule has 0 amide bonds. The molecule has 0 unspecified atom stereocenters. The summed E-state index contributed by atoms with van der Waals surface area (Å²) in [4.78, 5) is 4.44. The van der Waals surface area contributed by atoms with E-state index in [4.69, 9.17) is 0 Å². The molecule has 0 radical (unpaired) electrons. The highest BCUT2D eigenvalue weighted by Crippen LogP contribution is 2.22. The zero-order valence-electron chi connectivity index (χ0n) is 10.6. The number of hydrogen-bond donors (Lipinski definition) is 0. The fraction of sp³-hybridized carbons (Fsp3) is 0.267. The highest BCUT2D eigenvalue weighted by atomic mass is 79.9. The quantitative estimate of drug-likeness (QED) is 0.709. The first-order chi connectivity index (χ1) is 8.04. The second-order valence-electron chi connectivity index (χ2n) is 4.06. The van der Waals surface area contributed by atoms with Crippen molar-refractivity contribution in [1.82, 2.24) is 4.98 Å². The van der Waals surface area contributed by atoms with Crippen molar-refractivity contribution in [2.75, 3.05) is 0 Å². The predicted octanol–water partition coefficient (Wildman–Crippen LogP) is 5.04. The van der Waals surface area contributed by atoms with E-state index in [0.29, 0.717) is 0 Å². The molecule has 1 nitrogen and oxygen atoms in total. The smallest absolute Gasteiger partial charge is 0.0731 e. The van der Waals surface area contributed by atoms with Crippen LogP contribution in [0.1, 0.15) is 31.5 Å². The molecule has 0 aliphatic heterocycles. The minimum Gasteiger partial charge on any atom is -0.256 e. The van der Waals surface area contributed by atoms with Gasteiger partial charge in [-0.3, -0.25) is 4.98 Å². The van der Waals surface area contributed by atoms with Crippen LogP contribution in [0, 0.1) is 6.92 Å². The van der Waals surface area contributed by atoms with Gasteiger partial charge in [-0.25, -0.2) is 0 Å². The van der Waals surface area contributed by atoms with Crippen molar-refractivity contribution < 1.29 is 0 Å². The molecule has 0 atom stereocenters. The average molecular weight is 292 g/mol. The Morgan fingerprint density at radius 1 is 1.47 bits per heavy atom. The van der Waals surface area contributed by atoms with Gasteiger partial charge in [-0.1, -0.05) is 47.1 Å². The average Bonchev–Trinajstić information content (AvgIpc) is 2.28. The molecule has 0 fully saturated rings. The SMILES string of the molecule is C=C(Br)/C=C(\C=C(/C)CC)c1ncccc1C. The first-order valence-electron chi connectivity index (χ1n) is 5.70. The van der Waals surface area contributed by atoms with Gasteiger partial charge in [-0.15, -0.1) is 0 Å². The molecule has 0 aromatic carbocycles. The number of allylic oxidation sites excluding steroid dienone is 5. The molecule has 0 aliphatic rings. The Morgan fingerprint density at radius 2 is 2.18 bits per heavy atom. The lowest BCUT2D eigenvalue weighted by atomic mass is 10.0. The predicted molar refractivity (Wildman–Crippen MR) is 79.1 cm³/mol. The molecule has 2 heteroatoms. The van der Waals surface area contributed by atoms with Crippen LogP contribution >= 0.6 is 15.9 Å². The molecular formula is C15H18BrN. The molecule has 0 saturated carbocycles. The Hall–Kier alpha value is -1.15. The van der Waals surface area contributed by atoms with Crippen LogP contribution in [0.25, 0.3) is 5.57 Å². The summed E-state index contributed by atoms with van der Waals surface area (Å²) in [6.45, 7) is 10.2. The second kappa shape index (κ2) is 6.55. The molecule has 0 saturated heterocycles. The summed E-state index contributed by atoms with van der Waals surface area (Å²) in [5.41, 5.74) is 4.62. The second-order valence-corrected chi connectivity index (χ2v) is 5.08. The lowest BCUT2D eigenvalue weighted by Gasteiger charge is -2.07. The van der Waals surface area contributed by atoms with Crippen LogP contribution in [-0.2, 0) is 0 Å². The van der Waals surface area contributed by atoms with Crippen LogP contribution in [-0.4, -0.2) is 4.98 Å². The minimum absolute atomic E-state index is 0.859. The number of nitrogens with zero attached hydrogens (tertiary/aromatic N) is 1. The largest absolute Gasteiger partial charge is 0.256 e. The van der Waals surface area contributed by atoms with Gasteiger partial charge in [-0.05, 0) is 38.0 Å². The van der Waals surface area contributed by atoms with E-state index in [1.54, 1.807) is 0 Å². The summed E-state index contributed by atoms with van der Waals surface area (Å²) in [5.74, 6) is 0. The fourth-order valence-electron chi connectivity index (χ4n) is 1.50. The van der Waals surface area contributed by atoms with Crippen LogP contribution in [0.15, 0.2) is 47.1 Å². The Balaban J connectivity index is 3.26. The van der Waals surface area contributed by atoms with Crippen LogP contribution in [0.3, 0.4) is 0 Å². The Bertz CT molecular complexity index is 470. The lowest BCUT2D eigenvalue weighted by Crippen LogP contribution is -1.92. The zero-order valence-corrected chi connectivity index (χ0v) is 12.2. The van der Waals surface area contributed by atoms with Crippen molar-refractivity contribution >= 4 is 21.5 Å². The summed E-state index contributed by atoms with van der Waals surface area (Å²) in [6.07, 6.45) is 7.04. The summed E-state index contributed by atoms with van der Waals surface area (Å²) >= 11 is 3.38. The van der Waals surface area contributed by atoms with Crippen LogP contribution in [0.2, 0.25) is 0 Å². The van der Waals surface area contributed by atoms with Crippen molar-refractivity contribution in [3.8, 4) is 0 Å². The van der Waals surface area contributed by atoms with Crippen LogP contribution in [0.4, 0.5) is 0 Å². The van der Waals surface area contributed by atoms with E-state index in [1.807, 2.05) is 18.3 Å². The van der Waals surface area contributed by atoms with Gasteiger partial charge in [0.25, 0.3) is 0 Å². The van der Waals surface area contributed by atoms with Gasteiger partial charge in [0.1, 0.15) is 0 Å². The molecule has 90 valence electrons. The van der Waals surface area contributed by atoms with Gasteiger partial charge < -0.3 is 0 Å². The van der Waals surface area contributed by atoms with E-state index in [0.717, 1.165) is 22.2 Å². The van der Waals surface area contributed by atoms with Crippen molar-refractivity contribution in [3.05, 3.63) is 58.4 Å². The fourth-order valence-corrected chi connectivity index (χ4v) is 1.75. The Kier molecular flexibility index (Phi) is 5.36. The zero-order chi connectivity index (χ0) is 12.8. The molecule has 0 spiro atoms. The topological polar surface area (TPSA) is 12.9 Å². The first kappa shape index (κ1) is 13.9. The highest BCUT2D eigenvalue weighted by Gasteiger charge is 2.04. The van der Waals surface area contributed by atoms with Crippen LogP contribution in [0.5, 0.6) is 0 Å². The number of aromatic nitrogens is 1. The number of pyridine rings is 1. The molecule has 1 aromatic rings. The van der Waals surface area contributed by atoms with E-state index in [-0.39, 0.29) is 0 Å². The lowest BCUT2D eigenvalue weighted by molar-refractivity contribution is 1.10. The van der Waals surface area contributed by atoms with Gasteiger partial charge in [0.2, 0.25) is 0 Å². The number of halogens is 1. The number of hydrogen-bond acceptors (Lipinski definition) is 1. The van der Waals surface area contributed by atoms with Crippen molar-refractivity contribution in [2.24, 2.45) is 0 Å². The normalized spacial score (nSPS) is 12.7. The maximum Gasteiger partial charge on any atom is 0.0731 e. The standard InChI is InChI=1S/C15H18BrN/c1-5-11(2)9-14(10-13(4)16)15-12(3)7-6-8-17-15/h6-10H,4-5H2,1-3H3/b11-9+,14-10+. The van der Waals surface area contributed by atoms with E-state index < -0.39 is 0 Å². The van der Waals surface area contributed by atoms with E-state index in [9.17, 15) is 0 Å². The summed E-state index contributed by atoms with van der Waals surface area (Å²) < 4.78 is 0.859. The molecule has 0 N–H and O–H groups in total. The number of aryl methyl sites for hydroxylation is 1. The maximum absolute atomic E-state index is 4.44. The van der Waals surface area contributed by atoms with E-state index in [2.05, 4.69) is 60.4 Å². The van der Waals surface area contributed by atoms with Crippen molar-refractivity contribution in [2.45, 2.75) is 27.2 Å². The van der Waals surface area contributed by atoms with Crippen molar-refractivity contribution in [3.63, 3.8) is 0 Å². The van der Waals surface area contributed by atoms with Crippen LogP contribution < -0.4 is 0 Å². The van der Waals surface area contributed by atoms with Gasteiger partial charge in [-0.2, -0.15) is 0 Å². The summed E-state index contributed by atoms with van der Waals surface area (Å²) in [6, 6.07) is 4.03. The third kappa shape index (κ3) is 4.31. The van der Waals surface area contributed by atoms with Gasteiger partial charge in [0, 0.05) is 16.3 Å². The molecule has 1 aromatic heterocycles. The molecule has 0 bridgehead atoms. The van der Waals surface area contributed by atoms with Crippen molar-refractivity contribution in [1.29, 1.82) is 0 Å². The number of rotatable bonds is 4. The Morgan fingerprint density at radius 3 is 2.71 bits per heavy atom. The van der Waals surface area contributed by atoms with E-state index >= 15 is 0 Å².